The molecule has 0 fully saturated rings. The second-order valence-corrected chi connectivity index (χ2v) is 9.72. The summed E-state index contributed by atoms with van der Waals surface area (Å²) in [5.41, 5.74) is 0.872. The molecule has 37 heavy (non-hydrogen) atoms. The fourth-order valence-corrected chi connectivity index (χ4v) is 4.31. The molecule has 0 aliphatic heterocycles. The monoisotopic (exact) mass is 542 g/mol. The third-order valence-electron chi connectivity index (χ3n) is 5.27. The lowest BCUT2D eigenvalue weighted by atomic mass is 10.0. The Morgan fingerprint density at radius 2 is 1.59 bits per heavy atom. The number of thioether (sulfide) groups is 1. The lowest BCUT2D eigenvalue weighted by Crippen LogP contribution is -2.22. The topological polar surface area (TPSA) is 142 Å². The predicted octanol–water partition coefficient (Wildman–Crippen LogP) is 5.43. The van der Waals surface area contributed by atoms with Crippen LogP contribution < -0.4 is 15.4 Å². The van der Waals surface area contributed by atoms with E-state index >= 15 is 0 Å². The van der Waals surface area contributed by atoms with Crippen molar-refractivity contribution >= 4 is 58.5 Å². The molecule has 2 amide bonds. The van der Waals surface area contributed by atoms with Gasteiger partial charge < -0.3 is 25.6 Å². The molecule has 0 radical (unpaired) electrons. The van der Waals surface area contributed by atoms with E-state index in [1.807, 2.05) is 6.92 Å². The number of aryl methyl sites for hydroxylation is 1. The van der Waals surface area contributed by atoms with Crippen molar-refractivity contribution in [2.45, 2.75) is 24.0 Å². The van der Waals surface area contributed by atoms with Crippen molar-refractivity contribution < 1.29 is 34.1 Å². The average Bonchev–Trinajstić information content (AvgIpc) is 2.86. The molecule has 0 aliphatic rings. The summed E-state index contributed by atoms with van der Waals surface area (Å²) in [6.45, 7) is 3.57. The van der Waals surface area contributed by atoms with Gasteiger partial charge in [0, 0.05) is 21.7 Å². The molecule has 3 aromatic rings. The lowest BCUT2D eigenvalue weighted by molar-refractivity contribution is -0.115. The Balaban J connectivity index is 1.66. The average molecular weight is 543 g/mol. The van der Waals surface area contributed by atoms with Crippen LogP contribution in [0, 0.1) is 6.92 Å². The number of hydrogen-bond donors (Lipinski definition) is 4. The van der Waals surface area contributed by atoms with E-state index in [1.54, 1.807) is 43.3 Å². The molecule has 1 atom stereocenters. The third-order valence-corrected chi connectivity index (χ3v) is 6.79. The van der Waals surface area contributed by atoms with E-state index < -0.39 is 28.7 Å². The molecule has 0 spiro atoms. The number of hydrogen-bond acceptors (Lipinski definition) is 6. The molecule has 3 rings (SSSR count). The number of carbonyl (C=O) groups excluding carboxylic acids is 2. The maximum absolute atomic E-state index is 12.7. The van der Waals surface area contributed by atoms with Gasteiger partial charge in [-0.25, -0.2) is 9.59 Å². The van der Waals surface area contributed by atoms with Crippen LogP contribution >= 0.6 is 23.4 Å². The van der Waals surface area contributed by atoms with Crippen LogP contribution in [-0.2, 0) is 4.79 Å². The van der Waals surface area contributed by atoms with Crippen LogP contribution in [0.25, 0.3) is 0 Å². The maximum atomic E-state index is 12.7. The minimum atomic E-state index is -1.42. The van der Waals surface area contributed by atoms with E-state index in [2.05, 4.69) is 10.6 Å². The molecule has 9 nitrogen and oxygen atoms in total. The largest absolute Gasteiger partial charge is 0.495 e. The zero-order valence-electron chi connectivity index (χ0n) is 20.0. The molecular formula is C26H23ClN2O7S. The Hall–Kier alpha value is -4.02. The summed E-state index contributed by atoms with van der Waals surface area (Å²) in [6.07, 6.45) is 0. The fraction of sp³-hybridized carbons (Fsp3) is 0.154. The minimum Gasteiger partial charge on any atom is -0.495 e. The molecule has 192 valence electrons. The molecule has 0 aromatic heterocycles. The Bertz CT molecular complexity index is 1380. The van der Waals surface area contributed by atoms with Gasteiger partial charge in [-0.2, -0.15) is 0 Å². The highest BCUT2D eigenvalue weighted by Crippen LogP contribution is 2.32. The number of nitrogens with one attached hydrogen (secondary N) is 2. The number of rotatable bonds is 9. The van der Waals surface area contributed by atoms with Crippen LogP contribution in [-0.4, -0.2) is 46.3 Å². The number of halogens is 1. The van der Waals surface area contributed by atoms with E-state index in [1.165, 1.54) is 18.9 Å². The first kappa shape index (κ1) is 27.6. The predicted molar refractivity (Wildman–Crippen MR) is 141 cm³/mol. The number of carbonyl (C=O) groups is 4. The molecule has 1 unspecified atom stereocenters. The van der Waals surface area contributed by atoms with Gasteiger partial charge >= 0.3 is 11.9 Å². The number of methoxy groups -OCH3 is 1. The smallest absolute Gasteiger partial charge is 0.336 e. The van der Waals surface area contributed by atoms with Crippen molar-refractivity contribution in [3.05, 3.63) is 81.9 Å². The number of aromatic carboxylic acids is 2. The van der Waals surface area contributed by atoms with Crippen LogP contribution in [0.4, 0.5) is 11.4 Å². The standard InChI is InChI=1S/C26H23ClN2O7S/c1-13-10-21(22(36-3)12-20(13)27)29-23(30)14(2)37-17-7-5-16(6-8-17)28-24(31)18-9-4-15(25(32)33)11-19(18)26(34)35/h4-12,14H,1-3H3,(H,28,31)(H,29,30)(H,32,33)(H,34,35). The quantitative estimate of drug-likeness (QED) is 0.262. The van der Waals surface area contributed by atoms with E-state index in [0.717, 1.165) is 28.7 Å². The first-order valence-corrected chi connectivity index (χ1v) is 12.1. The molecule has 0 aliphatic carbocycles. The zero-order chi connectivity index (χ0) is 27.3. The molecule has 0 saturated heterocycles. The highest BCUT2D eigenvalue weighted by atomic mass is 35.5. The Kier molecular flexibility index (Phi) is 8.80. The third kappa shape index (κ3) is 6.81. The Labute approximate surface area is 221 Å². The Morgan fingerprint density at radius 3 is 2.19 bits per heavy atom. The minimum absolute atomic E-state index is 0.172. The van der Waals surface area contributed by atoms with Crippen molar-refractivity contribution in [3.63, 3.8) is 0 Å². The molecule has 11 heteroatoms. The number of carboxylic acids is 2. The van der Waals surface area contributed by atoms with Gasteiger partial charge in [0.15, 0.2) is 0 Å². The SMILES string of the molecule is COc1cc(Cl)c(C)cc1NC(=O)C(C)Sc1ccc(NC(=O)c2ccc(C(=O)O)cc2C(=O)O)cc1. The van der Waals surface area contributed by atoms with Crippen molar-refractivity contribution in [2.75, 3.05) is 17.7 Å². The summed E-state index contributed by atoms with van der Waals surface area (Å²) >= 11 is 7.42. The van der Waals surface area contributed by atoms with Crippen LogP contribution in [0.5, 0.6) is 5.75 Å². The van der Waals surface area contributed by atoms with E-state index in [-0.39, 0.29) is 17.0 Å². The van der Waals surface area contributed by atoms with Gasteiger partial charge in [-0.05, 0) is 67.9 Å². The van der Waals surface area contributed by atoms with Gasteiger partial charge in [0.25, 0.3) is 5.91 Å². The number of amides is 2. The second-order valence-electron chi connectivity index (χ2n) is 7.90. The summed E-state index contributed by atoms with van der Waals surface area (Å²) in [4.78, 5) is 48.8. The van der Waals surface area contributed by atoms with Crippen LogP contribution in [0.1, 0.15) is 43.6 Å². The molecule has 4 N–H and O–H groups in total. The molecule has 0 heterocycles. The van der Waals surface area contributed by atoms with Gasteiger partial charge in [-0.3, -0.25) is 9.59 Å². The molecule has 0 bridgehead atoms. The number of ether oxygens (including phenoxy) is 1. The maximum Gasteiger partial charge on any atom is 0.336 e. The van der Waals surface area contributed by atoms with Crippen LogP contribution in [0.3, 0.4) is 0 Å². The fourth-order valence-electron chi connectivity index (χ4n) is 3.29. The van der Waals surface area contributed by atoms with E-state index in [9.17, 15) is 24.3 Å². The van der Waals surface area contributed by atoms with Gasteiger partial charge in [-0.1, -0.05) is 11.6 Å². The summed E-state index contributed by atoms with van der Waals surface area (Å²) in [5.74, 6) is -3.21. The van der Waals surface area contributed by atoms with Crippen molar-refractivity contribution in [2.24, 2.45) is 0 Å². The highest BCUT2D eigenvalue weighted by molar-refractivity contribution is 8.00. The van der Waals surface area contributed by atoms with Gasteiger partial charge in [0.2, 0.25) is 5.91 Å². The normalized spacial score (nSPS) is 11.4. The van der Waals surface area contributed by atoms with Crippen LogP contribution in [0.15, 0.2) is 59.5 Å². The first-order valence-electron chi connectivity index (χ1n) is 10.8. The van der Waals surface area contributed by atoms with Gasteiger partial charge in [0.1, 0.15) is 5.75 Å². The zero-order valence-corrected chi connectivity index (χ0v) is 21.6. The highest BCUT2D eigenvalue weighted by Gasteiger charge is 2.20. The molecule has 3 aromatic carbocycles. The summed E-state index contributed by atoms with van der Waals surface area (Å²) in [5, 5.41) is 24.0. The Morgan fingerprint density at radius 1 is 0.919 bits per heavy atom. The van der Waals surface area contributed by atoms with Crippen molar-refractivity contribution in [1.82, 2.24) is 0 Å². The summed E-state index contributed by atoms with van der Waals surface area (Å²) in [6, 6.07) is 13.3. The summed E-state index contributed by atoms with van der Waals surface area (Å²) < 4.78 is 5.29. The lowest BCUT2D eigenvalue weighted by Gasteiger charge is -2.16. The second kappa shape index (κ2) is 11.8. The first-order chi connectivity index (χ1) is 17.5. The van der Waals surface area contributed by atoms with E-state index in [4.69, 9.17) is 21.4 Å². The number of anilines is 2. The van der Waals surface area contributed by atoms with Crippen molar-refractivity contribution in [1.29, 1.82) is 0 Å². The number of benzene rings is 3. The van der Waals surface area contributed by atoms with Gasteiger partial charge in [0.05, 0.1) is 34.7 Å². The number of carboxylic acid groups (broad SMARTS) is 2. The van der Waals surface area contributed by atoms with E-state index in [0.29, 0.717) is 22.1 Å². The van der Waals surface area contributed by atoms with Gasteiger partial charge in [-0.15, -0.1) is 11.8 Å². The molecular weight excluding hydrogens is 520 g/mol. The summed E-state index contributed by atoms with van der Waals surface area (Å²) in [7, 11) is 1.49. The molecule has 0 saturated carbocycles. The van der Waals surface area contributed by atoms with Crippen LogP contribution in [0.2, 0.25) is 5.02 Å². The van der Waals surface area contributed by atoms with Crippen molar-refractivity contribution in [3.8, 4) is 5.75 Å².